The summed E-state index contributed by atoms with van der Waals surface area (Å²) >= 11 is 2.68. The first-order valence-corrected chi connectivity index (χ1v) is 12.6. The lowest BCUT2D eigenvalue weighted by atomic mass is 10.1. The SMILES string of the molecule is Cc1nc(C(=O)N2[C@H](CNC(=O)c3ccc4snnc4c3)C[C@@H]3C[C@@H]32)c(-c2cccc(F)c2)s1. The molecule has 1 N–H and O–H groups in total. The summed E-state index contributed by atoms with van der Waals surface area (Å²) in [6.07, 6.45) is 1.83. The van der Waals surface area contributed by atoms with Crippen LogP contribution in [0.2, 0.25) is 0 Å². The van der Waals surface area contributed by atoms with Crippen molar-refractivity contribution in [2.45, 2.75) is 31.8 Å². The molecule has 1 saturated heterocycles. The van der Waals surface area contributed by atoms with E-state index in [1.165, 1.54) is 35.0 Å². The van der Waals surface area contributed by atoms with Crippen molar-refractivity contribution >= 4 is 44.9 Å². The molecule has 0 bridgehead atoms. The predicted molar refractivity (Wildman–Crippen MR) is 128 cm³/mol. The molecule has 1 aliphatic heterocycles. The van der Waals surface area contributed by atoms with Crippen LogP contribution in [-0.4, -0.2) is 49.9 Å². The zero-order chi connectivity index (χ0) is 23.4. The molecule has 0 radical (unpaired) electrons. The lowest BCUT2D eigenvalue weighted by Crippen LogP contribution is -2.45. The molecule has 2 aromatic heterocycles. The Bertz CT molecular complexity index is 1430. The topological polar surface area (TPSA) is 88.1 Å². The Kier molecular flexibility index (Phi) is 5.14. The summed E-state index contributed by atoms with van der Waals surface area (Å²) in [5.74, 6) is -0.242. The normalized spacial score (nSPS) is 21.0. The molecule has 10 heteroatoms. The number of hydrogen-bond donors (Lipinski definition) is 1. The Labute approximate surface area is 202 Å². The third-order valence-corrected chi connectivity index (χ3v) is 8.20. The lowest BCUT2D eigenvalue weighted by molar-refractivity contribution is 0.0684. The van der Waals surface area contributed by atoms with Gasteiger partial charge < -0.3 is 10.2 Å². The van der Waals surface area contributed by atoms with Gasteiger partial charge in [-0.1, -0.05) is 16.6 Å². The van der Waals surface area contributed by atoms with Crippen molar-refractivity contribution < 1.29 is 14.0 Å². The highest BCUT2D eigenvalue weighted by molar-refractivity contribution is 7.15. The van der Waals surface area contributed by atoms with Crippen LogP contribution < -0.4 is 5.32 Å². The van der Waals surface area contributed by atoms with E-state index in [9.17, 15) is 14.0 Å². The molecular formula is C24H20FN5O2S2. The fraction of sp³-hybridized carbons (Fsp3) is 0.292. The number of aryl methyl sites for hydroxylation is 1. The Morgan fingerprint density at radius 3 is 2.94 bits per heavy atom. The minimum atomic E-state index is -0.349. The quantitative estimate of drug-likeness (QED) is 0.448. The van der Waals surface area contributed by atoms with Gasteiger partial charge in [0.1, 0.15) is 17.0 Å². The van der Waals surface area contributed by atoms with Crippen LogP contribution in [0.4, 0.5) is 4.39 Å². The number of halogens is 1. The maximum atomic E-state index is 13.8. The van der Waals surface area contributed by atoms with E-state index in [2.05, 4.69) is 19.9 Å². The number of amides is 2. The van der Waals surface area contributed by atoms with Crippen LogP contribution in [0.25, 0.3) is 20.7 Å². The summed E-state index contributed by atoms with van der Waals surface area (Å²) in [4.78, 5) is 33.5. The smallest absolute Gasteiger partial charge is 0.274 e. The number of fused-ring (bicyclic) bond motifs is 2. The average Bonchev–Trinajstić information content (AvgIpc) is 3.18. The van der Waals surface area contributed by atoms with Crippen molar-refractivity contribution in [1.82, 2.24) is 24.8 Å². The molecule has 7 nitrogen and oxygen atoms in total. The summed E-state index contributed by atoms with van der Waals surface area (Å²) in [5, 5.41) is 7.78. The van der Waals surface area contributed by atoms with Gasteiger partial charge in [-0.15, -0.1) is 16.4 Å². The largest absolute Gasteiger partial charge is 0.350 e. The number of aromatic nitrogens is 3. The van der Waals surface area contributed by atoms with E-state index in [0.29, 0.717) is 39.7 Å². The van der Waals surface area contributed by atoms with Crippen molar-refractivity contribution in [2.24, 2.45) is 5.92 Å². The Balaban J connectivity index is 1.22. The first-order valence-electron chi connectivity index (χ1n) is 11.0. The Morgan fingerprint density at radius 1 is 1.21 bits per heavy atom. The standard InChI is InChI=1S/C24H20FN5O2S2/c1-12-27-21(22(33-12)13-3-2-4-16(25)7-13)24(32)30-17(8-15-10-19(15)30)11-26-23(31)14-5-6-20-18(9-14)28-29-34-20/h2-7,9,15,17,19H,8,10-11H2,1H3,(H,26,31)/t15-,17+,19+/m1/s1. The molecule has 1 aliphatic carbocycles. The van der Waals surface area contributed by atoms with Crippen LogP contribution in [0.3, 0.4) is 0 Å². The zero-order valence-corrected chi connectivity index (χ0v) is 19.8. The van der Waals surface area contributed by atoms with Crippen molar-refractivity contribution in [1.29, 1.82) is 0 Å². The van der Waals surface area contributed by atoms with E-state index in [1.54, 1.807) is 24.3 Å². The van der Waals surface area contributed by atoms with Gasteiger partial charge in [-0.25, -0.2) is 9.37 Å². The van der Waals surface area contributed by atoms with Crippen molar-refractivity contribution in [3.63, 3.8) is 0 Å². The van der Waals surface area contributed by atoms with Crippen LogP contribution in [0.1, 0.15) is 38.7 Å². The van der Waals surface area contributed by atoms with Crippen LogP contribution in [0.5, 0.6) is 0 Å². The zero-order valence-electron chi connectivity index (χ0n) is 18.2. The number of hydrogen-bond acceptors (Lipinski definition) is 7. The number of likely N-dealkylation sites (tertiary alicyclic amines) is 1. The van der Waals surface area contributed by atoms with Gasteiger partial charge in [-0.2, -0.15) is 0 Å². The molecular weight excluding hydrogens is 473 g/mol. The van der Waals surface area contributed by atoms with Crippen molar-refractivity contribution in [3.8, 4) is 10.4 Å². The Morgan fingerprint density at radius 2 is 2.09 bits per heavy atom. The predicted octanol–water partition coefficient (Wildman–Crippen LogP) is 4.30. The Hall–Kier alpha value is -3.24. The number of carbonyl (C=O) groups excluding carboxylic acids is 2. The fourth-order valence-electron chi connectivity index (χ4n) is 4.81. The van der Waals surface area contributed by atoms with Gasteiger partial charge in [-0.05, 0) is 73.1 Å². The summed E-state index contributed by atoms with van der Waals surface area (Å²) in [6, 6.07) is 11.6. The van der Waals surface area contributed by atoms with Crippen LogP contribution in [-0.2, 0) is 0 Å². The highest BCUT2D eigenvalue weighted by Crippen LogP contribution is 2.48. The van der Waals surface area contributed by atoms with E-state index in [-0.39, 0.29) is 29.7 Å². The van der Waals surface area contributed by atoms with Crippen molar-refractivity contribution in [2.75, 3.05) is 6.54 Å². The van der Waals surface area contributed by atoms with E-state index in [4.69, 9.17) is 0 Å². The molecule has 2 aliphatic rings. The monoisotopic (exact) mass is 493 g/mol. The van der Waals surface area contributed by atoms with E-state index in [0.717, 1.165) is 22.5 Å². The lowest BCUT2D eigenvalue weighted by Gasteiger charge is -2.27. The number of thiazole rings is 1. The number of piperidine rings is 1. The van der Waals surface area contributed by atoms with E-state index in [1.807, 2.05) is 17.9 Å². The molecule has 2 fully saturated rings. The molecule has 34 heavy (non-hydrogen) atoms. The van der Waals surface area contributed by atoms with Crippen LogP contribution in [0, 0.1) is 18.7 Å². The minimum absolute atomic E-state index is 0.104. The summed E-state index contributed by atoms with van der Waals surface area (Å²) in [6.45, 7) is 2.21. The number of nitrogens with zero attached hydrogens (tertiary/aromatic N) is 4. The molecule has 2 amide bonds. The molecule has 2 aromatic carbocycles. The molecule has 3 atom stereocenters. The molecule has 6 rings (SSSR count). The van der Waals surface area contributed by atoms with Gasteiger partial charge in [0.25, 0.3) is 11.8 Å². The van der Waals surface area contributed by atoms with Gasteiger partial charge in [0.05, 0.1) is 20.6 Å². The number of benzene rings is 2. The van der Waals surface area contributed by atoms with Gasteiger partial charge >= 0.3 is 0 Å². The fourth-order valence-corrected chi connectivity index (χ4v) is 6.26. The molecule has 1 saturated carbocycles. The summed E-state index contributed by atoms with van der Waals surface area (Å²) in [7, 11) is 0. The second-order valence-electron chi connectivity index (χ2n) is 8.75. The van der Waals surface area contributed by atoms with E-state index >= 15 is 0 Å². The maximum Gasteiger partial charge on any atom is 0.274 e. The number of carbonyl (C=O) groups is 2. The molecule has 172 valence electrons. The molecule has 0 unspecified atom stereocenters. The minimum Gasteiger partial charge on any atom is -0.350 e. The number of rotatable bonds is 5. The highest BCUT2D eigenvalue weighted by Gasteiger charge is 2.54. The maximum absolute atomic E-state index is 13.8. The number of nitrogens with one attached hydrogen (secondary N) is 1. The summed E-state index contributed by atoms with van der Waals surface area (Å²) in [5.41, 5.74) is 2.22. The second kappa shape index (κ2) is 8.21. The molecule has 4 aromatic rings. The van der Waals surface area contributed by atoms with Crippen LogP contribution in [0.15, 0.2) is 42.5 Å². The van der Waals surface area contributed by atoms with Gasteiger partial charge in [0.15, 0.2) is 0 Å². The highest BCUT2D eigenvalue weighted by atomic mass is 32.1. The van der Waals surface area contributed by atoms with E-state index < -0.39 is 0 Å². The van der Waals surface area contributed by atoms with Crippen molar-refractivity contribution in [3.05, 3.63) is 64.5 Å². The average molecular weight is 494 g/mol. The first-order chi connectivity index (χ1) is 16.5. The third kappa shape index (κ3) is 3.76. The molecule has 0 spiro atoms. The van der Waals surface area contributed by atoms with Gasteiger partial charge in [0.2, 0.25) is 0 Å². The van der Waals surface area contributed by atoms with Gasteiger partial charge in [0, 0.05) is 18.2 Å². The second-order valence-corrected chi connectivity index (χ2v) is 10.7. The molecule has 3 heterocycles. The van der Waals surface area contributed by atoms with Crippen LogP contribution >= 0.6 is 22.9 Å². The first kappa shape index (κ1) is 21.3. The third-order valence-electron chi connectivity index (χ3n) is 6.48. The van der Waals surface area contributed by atoms with Gasteiger partial charge in [-0.3, -0.25) is 9.59 Å². The summed E-state index contributed by atoms with van der Waals surface area (Å²) < 4.78 is 18.7.